The second kappa shape index (κ2) is 5.88. The number of hydrogen-bond donors (Lipinski definition) is 1. The minimum Gasteiger partial charge on any atom is -0.395 e. The first-order valence-corrected chi connectivity index (χ1v) is 5.95. The van der Waals surface area contributed by atoms with Crippen LogP contribution in [0.15, 0.2) is 18.3 Å². The Labute approximate surface area is 105 Å². The number of hydrogen-bond acceptors (Lipinski definition) is 4. The van der Waals surface area contributed by atoms with E-state index >= 15 is 0 Å². The molecule has 1 aliphatic rings. The van der Waals surface area contributed by atoms with Gasteiger partial charge in [-0.15, -0.1) is 0 Å². The van der Waals surface area contributed by atoms with E-state index in [-0.39, 0.29) is 18.1 Å². The van der Waals surface area contributed by atoms with E-state index in [0.29, 0.717) is 32.7 Å². The molecule has 0 radical (unpaired) electrons. The Bertz CT molecular complexity index is 420. The number of aliphatic hydroxyl groups is 1. The number of rotatable bonds is 3. The van der Waals surface area contributed by atoms with Crippen LogP contribution in [0.3, 0.4) is 0 Å². The van der Waals surface area contributed by atoms with Gasteiger partial charge in [-0.05, 0) is 12.1 Å². The highest BCUT2D eigenvalue weighted by Gasteiger charge is 2.23. The van der Waals surface area contributed by atoms with Crippen molar-refractivity contribution in [1.82, 2.24) is 14.8 Å². The molecule has 2 rings (SSSR count). The van der Waals surface area contributed by atoms with Crippen molar-refractivity contribution < 1.29 is 14.3 Å². The molecule has 18 heavy (non-hydrogen) atoms. The van der Waals surface area contributed by atoms with E-state index in [1.165, 1.54) is 12.3 Å². The van der Waals surface area contributed by atoms with Crippen LogP contribution in [0.25, 0.3) is 0 Å². The number of aliphatic hydroxyl groups excluding tert-OH is 1. The number of carbonyl (C=O) groups excluding carboxylic acids is 1. The maximum Gasteiger partial charge on any atom is 0.258 e. The van der Waals surface area contributed by atoms with E-state index < -0.39 is 5.95 Å². The molecular weight excluding hydrogens is 237 g/mol. The van der Waals surface area contributed by atoms with Gasteiger partial charge in [0.2, 0.25) is 5.95 Å². The number of amides is 1. The zero-order valence-electron chi connectivity index (χ0n) is 10.0. The van der Waals surface area contributed by atoms with Gasteiger partial charge in [-0.2, -0.15) is 4.39 Å². The second-order valence-corrected chi connectivity index (χ2v) is 4.20. The van der Waals surface area contributed by atoms with Crippen LogP contribution < -0.4 is 0 Å². The summed E-state index contributed by atoms with van der Waals surface area (Å²) in [6.07, 6.45) is 1.32. The summed E-state index contributed by atoms with van der Waals surface area (Å²) >= 11 is 0. The predicted molar refractivity (Wildman–Crippen MR) is 63.6 cm³/mol. The van der Waals surface area contributed by atoms with Crippen LogP contribution >= 0.6 is 0 Å². The van der Waals surface area contributed by atoms with Crippen molar-refractivity contribution in [2.75, 3.05) is 39.3 Å². The fraction of sp³-hybridized carbons (Fsp3) is 0.500. The van der Waals surface area contributed by atoms with Crippen molar-refractivity contribution in [3.8, 4) is 0 Å². The van der Waals surface area contributed by atoms with Gasteiger partial charge in [0.1, 0.15) is 0 Å². The first-order chi connectivity index (χ1) is 8.72. The summed E-state index contributed by atoms with van der Waals surface area (Å²) in [6, 6.07) is 3.00. The molecular formula is C12H16FN3O2. The van der Waals surface area contributed by atoms with Gasteiger partial charge in [0.25, 0.3) is 5.91 Å². The third-order valence-corrected chi connectivity index (χ3v) is 3.07. The topological polar surface area (TPSA) is 56.7 Å². The molecule has 0 aliphatic carbocycles. The van der Waals surface area contributed by atoms with Crippen molar-refractivity contribution in [1.29, 1.82) is 0 Å². The van der Waals surface area contributed by atoms with Crippen LogP contribution in [0.5, 0.6) is 0 Å². The third kappa shape index (κ3) is 2.83. The summed E-state index contributed by atoms with van der Waals surface area (Å²) in [7, 11) is 0. The van der Waals surface area contributed by atoms with Gasteiger partial charge in [-0.25, -0.2) is 4.98 Å². The summed E-state index contributed by atoms with van der Waals surface area (Å²) in [4.78, 5) is 19.2. The molecule has 98 valence electrons. The maximum atomic E-state index is 13.4. The Hall–Kier alpha value is -1.53. The quantitative estimate of drug-likeness (QED) is 0.769. The third-order valence-electron chi connectivity index (χ3n) is 3.07. The number of pyridine rings is 1. The molecule has 1 N–H and O–H groups in total. The van der Waals surface area contributed by atoms with Crippen LogP contribution in [0.2, 0.25) is 0 Å². The highest BCUT2D eigenvalue weighted by molar-refractivity contribution is 5.94. The number of nitrogens with zero attached hydrogens (tertiary/aromatic N) is 3. The van der Waals surface area contributed by atoms with Crippen LogP contribution in [0.4, 0.5) is 4.39 Å². The van der Waals surface area contributed by atoms with Crippen molar-refractivity contribution in [2.24, 2.45) is 0 Å². The lowest BCUT2D eigenvalue weighted by Crippen LogP contribution is -2.49. The van der Waals surface area contributed by atoms with Gasteiger partial charge in [-0.1, -0.05) is 0 Å². The van der Waals surface area contributed by atoms with E-state index in [9.17, 15) is 9.18 Å². The zero-order chi connectivity index (χ0) is 13.0. The summed E-state index contributed by atoms with van der Waals surface area (Å²) in [5, 5.41) is 8.83. The summed E-state index contributed by atoms with van der Waals surface area (Å²) in [6.45, 7) is 3.23. The highest BCUT2D eigenvalue weighted by Crippen LogP contribution is 2.10. The number of piperazine rings is 1. The predicted octanol–water partition coefficient (Wildman–Crippen LogP) is -0.0292. The fourth-order valence-electron chi connectivity index (χ4n) is 2.03. The second-order valence-electron chi connectivity index (χ2n) is 4.20. The molecule has 0 atom stereocenters. The maximum absolute atomic E-state index is 13.4. The van der Waals surface area contributed by atoms with Crippen LogP contribution in [0.1, 0.15) is 10.4 Å². The van der Waals surface area contributed by atoms with Gasteiger partial charge in [0, 0.05) is 38.9 Å². The lowest BCUT2D eigenvalue weighted by molar-refractivity contribution is 0.0609. The normalized spacial score (nSPS) is 16.9. The lowest BCUT2D eigenvalue weighted by atomic mass is 10.2. The smallest absolute Gasteiger partial charge is 0.258 e. The van der Waals surface area contributed by atoms with Crippen LogP contribution in [-0.4, -0.2) is 65.1 Å². The Morgan fingerprint density at radius 1 is 1.39 bits per heavy atom. The first kappa shape index (κ1) is 12.9. The Morgan fingerprint density at radius 2 is 2.11 bits per heavy atom. The van der Waals surface area contributed by atoms with E-state index in [4.69, 9.17) is 5.11 Å². The molecule has 1 amide bonds. The minimum absolute atomic E-state index is 0.0214. The standard InChI is InChI=1S/C12H16FN3O2/c13-11-10(2-1-3-14-11)12(18)16-6-4-15(5-7-16)8-9-17/h1-3,17H,4-9H2. The molecule has 0 bridgehead atoms. The molecule has 0 unspecified atom stereocenters. The zero-order valence-corrected chi connectivity index (χ0v) is 10.0. The monoisotopic (exact) mass is 253 g/mol. The van der Waals surface area contributed by atoms with Gasteiger partial charge in [0.05, 0.1) is 12.2 Å². The minimum atomic E-state index is -0.722. The largest absolute Gasteiger partial charge is 0.395 e. The highest BCUT2D eigenvalue weighted by atomic mass is 19.1. The van der Waals surface area contributed by atoms with Gasteiger partial charge in [-0.3, -0.25) is 9.69 Å². The van der Waals surface area contributed by atoms with E-state index in [2.05, 4.69) is 9.88 Å². The van der Waals surface area contributed by atoms with Crippen LogP contribution in [0, 0.1) is 5.95 Å². The molecule has 1 aliphatic heterocycles. The molecule has 2 heterocycles. The SMILES string of the molecule is O=C(c1cccnc1F)N1CCN(CCO)CC1. The van der Waals surface area contributed by atoms with Gasteiger partial charge >= 0.3 is 0 Å². The van der Waals surface area contributed by atoms with Crippen molar-refractivity contribution in [3.05, 3.63) is 29.8 Å². The van der Waals surface area contributed by atoms with Crippen LogP contribution in [-0.2, 0) is 0 Å². The Balaban J connectivity index is 1.98. The Kier molecular flexibility index (Phi) is 4.22. The molecule has 1 fully saturated rings. The molecule has 5 nitrogen and oxygen atoms in total. The molecule has 6 heteroatoms. The fourth-order valence-corrected chi connectivity index (χ4v) is 2.03. The number of β-amino-alcohol motifs (C(OH)–C–C–N with tert-alkyl or cyclic N) is 1. The lowest BCUT2D eigenvalue weighted by Gasteiger charge is -2.34. The molecule has 0 aromatic carbocycles. The molecule has 0 spiro atoms. The van der Waals surface area contributed by atoms with E-state index in [1.54, 1.807) is 11.0 Å². The summed E-state index contributed by atoms with van der Waals surface area (Å²) in [5.41, 5.74) is 0.0214. The molecule has 1 aromatic rings. The number of aromatic nitrogens is 1. The van der Waals surface area contributed by atoms with E-state index in [1.807, 2.05) is 0 Å². The van der Waals surface area contributed by atoms with Crippen molar-refractivity contribution in [3.63, 3.8) is 0 Å². The number of halogens is 1. The van der Waals surface area contributed by atoms with Gasteiger partial charge in [0.15, 0.2) is 0 Å². The molecule has 1 saturated heterocycles. The van der Waals surface area contributed by atoms with Crippen molar-refractivity contribution in [2.45, 2.75) is 0 Å². The average molecular weight is 253 g/mol. The van der Waals surface area contributed by atoms with Crippen molar-refractivity contribution >= 4 is 5.91 Å². The molecule has 0 saturated carbocycles. The Morgan fingerprint density at radius 3 is 2.72 bits per heavy atom. The summed E-state index contributed by atoms with van der Waals surface area (Å²) in [5.74, 6) is -1.04. The molecule has 1 aromatic heterocycles. The van der Waals surface area contributed by atoms with E-state index in [0.717, 1.165) is 0 Å². The number of carbonyl (C=O) groups is 1. The summed E-state index contributed by atoms with van der Waals surface area (Å²) < 4.78 is 13.4. The first-order valence-electron chi connectivity index (χ1n) is 5.95. The average Bonchev–Trinajstić information content (AvgIpc) is 2.40. The van der Waals surface area contributed by atoms with Gasteiger partial charge < -0.3 is 10.0 Å².